The fourth-order valence-electron chi connectivity index (χ4n) is 24.0. The van der Waals surface area contributed by atoms with Crippen molar-refractivity contribution in [2.45, 2.75) is 225 Å². The number of methoxy groups -OCH3 is 10. The number of imide groups is 1. The first kappa shape index (κ1) is 94.3. The lowest BCUT2D eigenvalue weighted by Crippen LogP contribution is -2.57. The number of hydrogen-bond donors (Lipinski definition) is 9. The Labute approximate surface area is 749 Å². The highest BCUT2D eigenvalue weighted by Crippen LogP contribution is 2.65. The topological polar surface area (TPSA) is 377 Å². The summed E-state index contributed by atoms with van der Waals surface area (Å²) in [6, 6.07) is 29.7. The summed E-state index contributed by atoms with van der Waals surface area (Å²) in [5, 5.41) is 19.3. The summed E-state index contributed by atoms with van der Waals surface area (Å²) in [7, 11) is 20.8. The fraction of sp³-hybridized carbons (Fsp3) is 0.587. The maximum Gasteiger partial charge on any atom is 0.322 e. The van der Waals surface area contributed by atoms with Crippen LogP contribution in [-0.2, 0) is 102 Å². The van der Waals surface area contributed by atoms with Gasteiger partial charge in [0, 0.05) is 82.3 Å². The number of ketones is 1. The van der Waals surface area contributed by atoms with Crippen molar-refractivity contribution in [2.75, 3.05) is 91.4 Å². The van der Waals surface area contributed by atoms with Gasteiger partial charge < -0.3 is 85.0 Å². The van der Waals surface area contributed by atoms with Gasteiger partial charge in [0.05, 0.1) is 66.1 Å². The smallest absolute Gasteiger partial charge is 0.322 e. The van der Waals surface area contributed by atoms with Gasteiger partial charge in [0.1, 0.15) is 51.6 Å². The molecule has 5 aromatic rings. The predicted octanol–water partition coefficient (Wildman–Crippen LogP) is 10.8. The number of hydrogen-bond acceptors (Lipinski definition) is 23. The summed E-state index contributed by atoms with van der Waals surface area (Å²) in [5.74, 6) is 4.14. The highest BCUT2D eigenvalue weighted by Gasteiger charge is 2.71. The molecule has 0 radical (unpaired) electrons. The van der Waals surface area contributed by atoms with Gasteiger partial charge in [0.25, 0.3) is 11.8 Å². The Balaban J connectivity index is 0.000000139. The summed E-state index contributed by atoms with van der Waals surface area (Å²) in [6.07, 6.45) is 26.6. The van der Waals surface area contributed by atoms with Crippen molar-refractivity contribution in [2.24, 2.45) is 38.5 Å². The number of likely N-dealkylation sites (N-methyl/N-ethyl adjacent to an activating group) is 2. The van der Waals surface area contributed by atoms with Gasteiger partial charge in [-0.15, -0.1) is 35.7 Å². The molecule has 13 N–H and O–H groups in total. The highest BCUT2D eigenvalue weighted by atomic mass is 127. The van der Waals surface area contributed by atoms with Crippen LogP contribution in [0.25, 0.3) is 0 Å². The second kappa shape index (κ2) is 37.6. The van der Waals surface area contributed by atoms with Crippen LogP contribution in [0.4, 0.5) is 4.79 Å². The first-order valence-corrected chi connectivity index (χ1v) is 44.2. The van der Waals surface area contributed by atoms with E-state index in [-0.39, 0.29) is 111 Å². The minimum absolute atomic E-state index is 0. The molecular formula is C92H126IN11O17S2. The normalized spacial score (nSPS) is 33.3. The number of urea groups is 1. The Morgan fingerprint density at radius 1 is 0.423 bits per heavy atom. The molecule has 0 bridgehead atoms. The van der Waals surface area contributed by atoms with E-state index in [4.69, 9.17) is 70.1 Å². The molecule has 0 aromatic heterocycles. The van der Waals surface area contributed by atoms with Crippen LogP contribution >= 0.6 is 48.0 Å². The number of Topliss-reactive ketones (excluding diaryl/α,β-unsaturated/α-hetero) is 1. The number of fused-ring (bicyclic) bond motifs is 13. The standard InChI is InChI=1S/C20H28N2O3S.C19H27N3O3.C18H22N2O4.C18H22N2O3S.C16H20O3.CH3NO.HI.H3N/c1-22-17(23)20(21-18(22)26-4)16-11-15(25-3)6-5-13(16)12-19(20)9-7-14(24-2)8-10-19;1-22-16(23)19(21-17(22)20)15-10-14(25-3)5-4-12(15)11-18(19)8-6-13(24-2)7-9-18;1-23-12-5-7-17(8-6-12)10-11-3-4-13(24-2)9-14(11)18(17)15(21)19-16(22)20-18;1-22-12-5-7-17(8-6-12)10-11-3-4-13(23-2)9-14(11)18(17)15(21)19-16(24)20-18;1-18-12-5-7-16(8-6-12)10-11-3-4-13(19-2)9-14(11)15(16)17;2-1-3;;/h5-6,11,14,18,21H,7-10,12H2,1-4H3;4-5,10,13,17,21H,6-9,11,20H2,1-3H3;3-4,9,12H,5-8,10H2,1-2H3,(H2,19,20,21,22);3-4,9,12H,5-8,10H2,1-2H3,(H2,19,20,21,24);3-4,9,12H,5-8,10H2,1-2H3;1H,(H2,2,3);1H;1H3. The number of primary amides is 1. The molecule has 4 saturated heterocycles. The van der Waals surface area contributed by atoms with Gasteiger partial charge in [-0.3, -0.25) is 50.5 Å². The van der Waals surface area contributed by atoms with E-state index in [1.807, 2.05) is 78.7 Å². The number of thiocarbonyl (C=S) groups is 1. The molecule has 28 nitrogen and oxygen atoms in total. The van der Waals surface area contributed by atoms with Crippen molar-refractivity contribution in [3.63, 3.8) is 0 Å². The summed E-state index contributed by atoms with van der Waals surface area (Å²) >= 11 is 6.98. The molecule has 5 saturated carbocycles. The van der Waals surface area contributed by atoms with Crippen molar-refractivity contribution in [1.29, 1.82) is 0 Å². The Hall–Kier alpha value is -7.80. The van der Waals surface area contributed by atoms with Crippen LogP contribution in [0.1, 0.15) is 189 Å². The molecule has 7 amide bonds. The lowest BCUT2D eigenvalue weighted by Gasteiger charge is -2.46. The molecule has 5 aromatic carbocycles. The third kappa shape index (κ3) is 15.7. The first-order valence-electron chi connectivity index (χ1n) is 42.5. The van der Waals surface area contributed by atoms with Crippen molar-refractivity contribution in [3.05, 3.63) is 147 Å². The van der Waals surface area contributed by atoms with Crippen LogP contribution in [0.3, 0.4) is 0 Å². The minimum Gasteiger partial charge on any atom is -0.497 e. The van der Waals surface area contributed by atoms with E-state index in [2.05, 4.69) is 68.2 Å². The van der Waals surface area contributed by atoms with E-state index in [1.165, 1.54) is 22.3 Å². The zero-order valence-corrected chi connectivity index (χ0v) is 77.3. The quantitative estimate of drug-likeness (QED) is 0.0257. The van der Waals surface area contributed by atoms with E-state index < -0.39 is 34.5 Å². The average Bonchev–Trinajstić information content (AvgIpc) is 1.54. The lowest BCUT2D eigenvalue weighted by atomic mass is 9.61. The number of ether oxygens (including phenoxy) is 10. The van der Waals surface area contributed by atoms with Gasteiger partial charge in [0.2, 0.25) is 18.2 Å². The molecule has 6 unspecified atom stereocenters. The van der Waals surface area contributed by atoms with Crippen LogP contribution in [-0.4, -0.2) is 191 Å². The number of nitrogens with two attached hydrogens (primary N) is 2. The molecule has 14 aliphatic rings. The van der Waals surface area contributed by atoms with Crippen molar-refractivity contribution in [1.82, 2.24) is 47.9 Å². The van der Waals surface area contributed by atoms with Gasteiger partial charge in [-0.1, -0.05) is 30.3 Å². The Morgan fingerprint density at radius 2 is 0.724 bits per heavy atom. The lowest BCUT2D eigenvalue weighted by molar-refractivity contribution is -0.139. The zero-order valence-electron chi connectivity index (χ0n) is 73.4. The number of carbonyl (C=O) groups excluding carboxylic acids is 7. The first-order chi connectivity index (χ1) is 58.2. The van der Waals surface area contributed by atoms with Gasteiger partial charge in [-0.25, -0.2) is 4.79 Å². The van der Waals surface area contributed by atoms with Crippen LogP contribution in [0.5, 0.6) is 28.7 Å². The second-order valence-electron chi connectivity index (χ2n) is 35.5. The van der Waals surface area contributed by atoms with Crippen LogP contribution in [0.15, 0.2) is 91.0 Å². The number of benzene rings is 5. The molecule has 10 aliphatic carbocycles. The maximum absolute atomic E-state index is 13.7. The minimum atomic E-state index is -0.993. The Morgan fingerprint density at radius 3 is 1.02 bits per heavy atom. The molecule has 31 heteroatoms. The summed E-state index contributed by atoms with van der Waals surface area (Å²) < 4.78 is 54.5. The molecule has 19 rings (SSSR count). The third-order valence-corrected chi connectivity index (χ3v) is 31.7. The van der Waals surface area contributed by atoms with E-state index in [0.717, 1.165) is 217 Å². The largest absolute Gasteiger partial charge is 0.497 e. The van der Waals surface area contributed by atoms with E-state index in [9.17, 15) is 28.8 Å². The fourth-order valence-corrected chi connectivity index (χ4v) is 25.0. The molecule has 9 spiro atoms. The van der Waals surface area contributed by atoms with E-state index in [1.54, 1.807) is 94.8 Å². The number of halogens is 1. The SMILES string of the molecule is COc1ccc2c(c1)C(=O)C1(CCC(OC)CC1)C2.COc1ccc2c(c1)C1(NC(=O)NC1=O)C1(CCC(OC)CC1)C2.COc1ccc2c(c1)C1(NC(=S)NC1=O)C1(CCC(OC)CC1)C2.COc1ccc2c(c1)C1(NC(N)N(C)C1=O)C1(CCC(OC)CC1)C2.COc1ccc2c(c1)C1(NC(SC)N(C)C1=O)C1(CCC(OC)CC1)C2.I.N.NC=O. The van der Waals surface area contributed by atoms with Crippen LogP contribution in [0, 0.1) is 27.1 Å². The van der Waals surface area contributed by atoms with Gasteiger partial charge in [-0.2, -0.15) is 0 Å². The number of nitrogens with one attached hydrogen (secondary N) is 6. The van der Waals surface area contributed by atoms with Gasteiger partial charge >= 0.3 is 6.03 Å². The maximum atomic E-state index is 13.7. The average molecular weight is 1850 g/mol. The molecule has 123 heavy (non-hydrogen) atoms. The molecule has 6 atom stereocenters. The summed E-state index contributed by atoms with van der Waals surface area (Å²) in [5.41, 5.74) is 17.2. The number of amides is 7. The monoisotopic (exact) mass is 1850 g/mol. The predicted molar refractivity (Wildman–Crippen MR) is 481 cm³/mol. The van der Waals surface area contributed by atoms with Crippen molar-refractivity contribution < 1.29 is 80.9 Å². The molecule has 9 fully saturated rings. The number of nitrogens with zero attached hydrogens (tertiary/aromatic N) is 2. The third-order valence-electron chi connectivity index (χ3n) is 30.6. The highest BCUT2D eigenvalue weighted by molar-refractivity contribution is 14.0. The molecule has 670 valence electrons. The summed E-state index contributed by atoms with van der Waals surface area (Å²) in [6.45, 7) is 0. The number of carbonyl (C=O) groups is 7. The van der Waals surface area contributed by atoms with Crippen molar-refractivity contribution in [3.8, 4) is 28.7 Å². The Bertz CT molecular complexity index is 4630. The summed E-state index contributed by atoms with van der Waals surface area (Å²) in [4.78, 5) is 90.0. The van der Waals surface area contributed by atoms with Crippen LogP contribution in [0.2, 0.25) is 0 Å². The second-order valence-corrected chi connectivity index (χ2v) is 36.8. The van der Waals surface area contributed by atoms with Crippen molar-refractivity contribution >= 4 is 94.9 Å². The molecule has 4 heterocycles. The van der Waals surface area contributed by atoms with E-state index >= 15 is 0 Å². The zero-order chi connectivity index (χ0) is 86.4. The number of thioether (sulfide) groups is 1. The number of rotatable bonds is 11. The van der Waals surface area contributed by atoms with Gasteiger partial charge in [0.15, 0.2) is 22.0 Å². The van der Waals surface area contributed by atoms with Gasteiger partial charge in [-0.05, 0) is 290 Å². The van der Waals surface area contributed by atoms with Crippen LogP contribution < -0.4 is 73.2 Å². The van der Waals surface area contributed by atoms with E-state index in [0.29, 0.717) is 28.9 Å². The molecule has 4 aliphatic heterocycles. The Kier molecular flexibility index (Phi) is 28.9. The molecular weight excluding hydrogens is 1720 g/mol.